The van der Waals surface area contributed by atoms with Crippen LogP contribution in [0.25, 0.3) is 0 Å². The molecule has 0 atom stereocenters. The highest BCUT2D eigenvalue weighted by molar-refractivity contribution is 5.93. The highest BCUT2D eigenvalue weighted by Crippen LogP contribution is 2.23. The fourth-order valence-corrected chi connectivity index (χ4v) is 1.24. The zero-order chi connectivity index (χ0) is 13.8. The number of nitrogens with one attached hydrogen (secondary N) is 1. The standard InChI is InChI=1S/C10H13F3N4O/c1-17(2)9-7(5-14-6-15-9)16-8(18)3-4-10(11,12)13/h5-6H,3-4H2,1-2H3,(H,16,18). The molecule has 0 radical (unpaired) electrons. The summed E-state index contributed by atoms with van der Waals surface area (Å²) in [5.41, 5.74) is 0.287. The second kappa shape index (κ2) is 5.65. The third-order valence-electron chi connectivity index (χ3n) is 2.02. The van der Waals surface area contributed by atoms with Gasteiger partial charge in [-0.25, -0.2) is 9.97 Å². The smallest absolute Gasteiger partial charge is 0.361 e. The van der Waals surface area contributed by atoms with E-state index in [2.05, 4.69) is 15.3 Å². The van der Waals surface area contributed by atoms with Crippen LogP contribution in [0.5, 0.6) is 0 Å². The van der Waals surface area contributed by atoms with E-state index in [4.69, 9.17) is 0 Å². The van der Waals surface area contributed by atoms with Crippen molar-refractivity contribution in [1.29, 1.82) is 0 Å². The van der Waals surface area contributed by atoms with Gasteiger partial charge in [0.15, 0.2) is 5.82 Å². The van der Waals surface area contributed by atoms with Crippen LogP contribution >= 0.6 is 0 Å². The first-order valence-electron chi connectivity index (χ1n) is 5.13. The zero-order valence-electron chi connectivity index (χ0n) is 9.95. The van der Waals surface area contributed by atoms with Crippen LogP contribution < -0.4 is 10.2 Å². The van der Waals surface area contributed by atoms with Gasteiger partial charge in [0.05, 0.1) is 12.6 Å². The van der Waals surface area contributed by atoms with Gasteiger partial charge in [0.2, 0.25) is 5.91 Å². The van der Waals surface area contributed by atoms with E-state index in [-0.39, 0.29) is 5.69 Å². The Kier molecular flexibility index (Phi) is 4.46. The fraction of sp³-hybridized carbons (Fsp3) is 0.500. The van der Waals surface area contributed by atoms with Crippen molar-refractivity contribution in [2.75, 3.05) is 24.3 Å². The Bertz CT molecular complexity index is 420. The van der Waals surface area contributed by atoms with Gasteiger partial charge in [0, 0.05) is 20.5 Å². The molecule has 18 heavy (non-hydrogen) atoms. The second-order valence-corrected chi connectivity index (χ2v) is 3.82. The van der Waals surface area contributed by atoms with Crippen LogP contribution in [0, 0.1) is 0 Å². The van der Waals surface area contributed by atoms with Gasteiger partial charge in [-0.1, -0.05) is 0 Å². The minimum Gasteiger partial charge on any atom is -0.361 e. The molecule has 1 aromatic heterocycles. The Morgan fingerprint density at radius 3 is 2.67 bits per heavy atom. The maximum Gasteiger partial charge on any atom is 0.389 e. The van der Waals surface area contributed by atoms with Crippen molar-refractivity contribution in [2.24, 2.45) is 0 Å². The van der Waals surface area contributed by atoms with Crippen LogP contribution in [0.4, 0.5) is 24.7 Å². The van der Waals surface area contributed by atoms with Crippen molar-refractivity contribution in [3.05, 3.63) is 12.5 Å². The lowest BCUT2D eigenvalue weighted by Crippen LogP contribution is -2.19. The quantitative estimate of drug-likeness (QED) is 0.899. The van der Waals surface area contributed by atoms with Crippen LogP contribution in [0.15, 0.2) is 12.5 Å². The predicted octanol–water partition coefficient (Wildman–Crippen LogP) is 1.82. The zero-order valence-corrected chi connectivity index (χ0v) is 9.95. The van der Waals surface area contributed by atoms with E-state index in [0.29, 0.717) is 5.82 Å². The third kappa shape index (κ3) is 4.56. The molecule has 1 N–H and O–H groups in total. The summed E-state index contributed by atoms with van der Waals surface area (Å²) < 4.78 is 35.8. The van der Waals surface area contributed by atoms with Crippen molar-refractivity contribution in [3.63, 3.8) is 0 Å². The number of amides is 1. The van der Waals surface area contributed by atoms with Crippen LogP contribution in [0.3, 0.4) is 0 Å². The van der Waals surface area contributed by atoms with Crippen molar-refractivity contribution in [2.45, 2.75) is 19.0 Å². The van der Waals surface area contributed by atoms with Crippen molar-refractivity contribution in [3.8, 4) is 0 Å². The molecule has 0 unspecified atom stereocenters. The lowest BCUT2D eigenvalue weighted by atomic mass is 10.3. The molecular weight excluding hydrogens is 249 g/mol. The minimum atomic E-state index is -4.34. The molecule has 0 aromatic carbocycles. The number of anilines is 2. The summed E-state index contributed by atoms with van der Waals surface area (Å²) in [6.07, 6.45) is -3.47. The number of rotatable bonds is 4. The molecule has 8 heteroatoms. The van der Waals surface area contributed by atoms with E-state index in [1.54, 1.807) is 19.0 Å². The van der Waals surface area contributed by atoms with Crippen LogP contribution in [0.2, 0.25) is 0 Å². The molecule has 0 fully saturated rings. The van der Waals surface area contributed by atoms with Gasteiger partial charge in [0.25, 0.3) is 0 Å². The first kappa shape index (κ1) is 14.2. The average molecular weight is 262 g/mol. The van der Waals surface area contributed by atoms with Crippen molar-refractivity contribution < 1.29 is 18.0 Å². The first-order chi connectivity index (χ1) is 8.29. The molecule has 1 aromatic rings. The number of hydrogen-bond acceptors (Lipinski definition) is 4. The lowest BCUT2D eigenvalue weighted by Gasteiger charge is -2.15. The molecule has 1 amide bonds. The molecular formula is C10H13F3N4O. The first-order valence-corrected chi connectivity index (χ1v) is 5.13. The topological polar surface area (TPSA) is 58.1 Å². The van der Waals surface area contributed by atoms with Gasteiger partial charge in [-0.15, -0.1) is 0 Å². The van der Waals surface area contributed by atoms with Crippen molar-refractivity contribution >= 4 is 17.4 Å². The minimum absolute atomic E-state index is 0.287. The van der Waals surface area contributed by atoms with E-state index < -0.39 is 24.9 Å². The predicted molar refractivity (Wildman–Crippen MR) is 60.3 cm³/mol. The SMILES string of the molecule is CN(C)c1ncncc1NC(=O)CCC(F)(F)F. The summed E-state index contributed by atoms with van der Waals surface area (Å²) in [5.74, 6) is -0.282. The molecule has 0 bridgehead atoms. The highest BCUT2D eigenvalue weighted by Gasteiger charge is 2.28. The number of alkyl halides is 3. The van der Waals surface area contributed by atoms with E-state index in [0.717, 1.165) is 0 Å². The van der Waals surface area contributed by atoms with E-state index in [9.17, 15) is 18.0 Å². The largest absolute Gasteiger partial charge is 0.389 e. The Morgan fingerprint density at radius 1 is 1.44 bits per heavy atom. The van der Waals surface area contributed by atoms with Crippen molar-refractivity contribution in [1.82, 2.24) is 9.97 Å². The molecule has 1 rings (SSSR count). The second-order valence-electron chi connectivity index (χ2n) is 3.82. The number of nitrogens with zero attached hydrogens (tertiary/aromatic N) is 3. The van der Waals surface area contributed by atoms with Crippen LogP contribution in [-0.4, -0.2) is 36.1 Å². The molecule has 0 saturated heterocycles. The summed E-state index contributed by atoms with van der Waals surface area (Å²) in [5, 5.41) is 2.36. The summed E-state index contributed by atoms with van der Waals surface area (Å²) in [6.45, 7) is 0. The number of aromatic nitrogens is 2. The normalized spacial score (nSPS) is 11.2. The van der Waals surface area contributed by atoms with Crippen LogP contribution in [-0.2, 0) is 4.79 Å². The van der Waals surface area contributed by atoms with Gasteiger partial charge in [-0.05, 0) is 0 Å². The average Bonchev–Trinajstić information content (AvgIpc) is 2.26. The van der Waals surface area contributed by atoms with E-state index in [1.807, 2.05) is 0 Å². The Hall–Kier alpha value is -1.86. The molecule has 5 nitrogen and oxygen atoms in total. The van der Waals surface area contributed by atoms with Gasteiger partial charge >= 0.3 is 6.18 Å². The molecule has 0 aliphatic rings. The van der Waals surface area contributed by atoms with E-state index >= 15 is 0 Å². The summed E-state index contributed by atoms with van der Waals surface area (Å²) in [7, 11) is 3.40. The maximum absolute atomic E-state index is 11.9. The number of carbonyl (C=O) groups is 1. The molecule has 0 aliphatic carbocycles. The maximum atomic E-state index is 11.9. The monoisotopic (exact) mass is 262 g/mol. The van der Waals surface area contributed by atoms with Crippen LogP contribution in [0.1, 0.15) is 12.8 Å². The molecule has 0 spiro atoms. The van der Waals surface area contributed by atoms with Gasteiger partial charge in [-0.3, -0.25) is 4.79 Å². The molecule has 1 heterocycles. The third-order valence-corrected chi connectivity index (χ3v) is 2.02. The molecule has 100 valence electrons. The Balaban J connectivity index is 2.65. The number of halogens is 3. The Labute approximate surface area is 102 Å². The summed E-state index contributed by atoms with van der Waals surface area (Å²) >= 11 is 0. The number of hydrogen-bond donors (Lipinski definition) is 1. The lowest BCUT2D eigenvalue weighted by molar-refractivity contribution is -0.142. The fourth-order valence-electron chi connectivity index (χ4n) is 1.24. The Morgan fingerprint density at radius 2 is 2.11 bits per heavy atom. The summed E-state index contributed by atoms with van der Waals surface area (Å²) in [4.78, 5) is 20.6. The van der Waals surface area contributed by atoms with Gasteiger partial charge in [0.1, 0.15) is 12.0 Å². The summed E-state index contributed by atoms with van der Waals surface area (Å²) in [6, 6.07) is 0. The van der Waals surface area contributed by atoms with Gasteiger partial charge < -0.3 is 10.2 Å². The molecule has 0 aliphatic heterocycles. The molecule has 0 saturated carbocycles. The van der Waals surface area contributed by atoms with Gasteiger partial charge in [-0.2, -0.15) is 13.2 Å². The number of carbonyl (C=O) groups excluding carboxylic acids is 1. The highest BCUT2D eigenvalue weighted by atomic mass is 19.4. The van der Waals surface area contributed by atoms with E-state index in [1.165, 1.54) is 12.5 Å².